The van der Waals surface area contributed by atoms with Crippen LogP contribution in [0, 0.1) is 0 Å². The van der Waals surface area contributed by atoms with Crippen molar-refractivity contribution in [1.82, 2.24) is 0 Å². The van der Waals surface area contributed by atoms with Gasteiger partial charge in [0.15, 0.2) is 0 Å². The molecule has 5 nitrogen and oxygen atoms in total. The molecule has 3 rings (SSSR count). The number of carbonyl (C=O) groups excluding carboxylic acids is 2. The number of hydrogen-bond donors (Lipinski definition) is 1. The first-order valence-electron chi connectivity index (χ1n) is 11.6. The van der Waals surface area contributed by atoms with Crippen molar-refractivity contribution in [2.75, 3.05) is 10.2 Å². The summed E-state index contributed by atoms with van der Waals surface area (Å²) in [4.78, 5) is 26.6. The maximum Gasteiger partial charge on any atom is 0.416 e. The van der Waals surface area contributed by atoms with E-state index in [0.717, 1.165) is 23.1 Å². The zero-order valence-electron chi connectivity index (χ0n) is 20.7. The number of ether oxygens (including phenoxy) is 1. The number of anilines is 2. The molecule has 1 N–H and O–H groups in total. The summed E-state index contributed by atoms with van der Waals surface area (Å²) in [5.41, 5.74) is -5.12. The molecule has 14 heteroatoms. The molecule has 39 heavy (non-hydrogen) atoms. The van der Waals surface area contributed by atoms with Crippen LogP contribution < -0.4 is 10.2 Å². The van der Waals surface area contributed by atoms with Gasteiger partial charge in [-0.3, -0.25) is 9.69 Å². The molecule has 0 bridgehead atoms. The third-order valence-electron chi connectivity index (χ3n) is 5.96. The first-order chi connectivity index (χ1) is 17.8. The van der Waals surface area contributed by atoms with Crippen molar-refractivity contribution in [3.63, 3.8) is 0 Å². The fourth-order valence-electron chi connectivity index (χ4n) is 4.35. The van der Waals surface area contributed by atoms with Crippen molar-refractivity contribution in [2.24, 2.45) is 0 Å². The van der Waals surface area contributed by atoms with Gasteiger partial charge in [0.25, 0.3) is 0 Å². The van der Waals surface area contributed by atoms with Gasteiger partial charge in [0.1, 0.15) is 0 Å². The second-order valence-electron chi connectivity index (χ2n) is 9.40. The Labute approximate surface area is 216 Å². The molecule has 2 aromatic rings. The minimum absolute atomic E-state index is 0.0364. The molecular formula is C25H23F9N2O3. The van der Waals surface area contributed by atoms with Gasteiger partial charge in [-0.2, -0.15) is 39.5 Å². The zero-order chi connectivity index (χ0) is 29.5. The molecule has 2 aromatic carbocycles. The topological polar surface area (TPSA) is 58.6 Å². The van der Waals surface area contributed by atoms with Crippen LogP contribution in [0.4, 0.5) is 55.7 Å². The molecule has 1 heterocycles. The van der Waals surface area contributed by atoms with Crippen molar-refractivity contribution in [2.45, 2.75) is 70.2 Å². The first-order valence-corrected chi connectivity index (χ1v) is 11.6. The highest BCUT2D eigenvalue weighted by Gasteiger charge is 2.40. The van der Waals surface area contributed by atoms with Crippen LogP contribution in [0.1, 0.15) is 61.8 Å². The lowest BCUT2D eigenvalue weighted by Crippen LogP contribution is -2.44. The summed E-state index contributed by atoms with van der Waals surface area (Å²) in [6.07, 6.45) is -17.0. The summed E-state index contributed by atoms with van der Waals surface area (Å²) in [7, 11) is 0. The maximum absolute atomic E-state index is 13.4. The molecule has 2 amide bonds. The molecule has 1 aliphatic rings. The van der Waals surface area contributed by atoms with Gasteiger partial charge >= 0.3 is 24.6 Å². The summed E-state index contributed by atoms with van der Waals surface area (Å²) >= 11 is 0. The average molecular weight is 570 g/mol. The summed E-state index contributed by atoms with van der Waals surface area (Å²) in [5, 5.41) is 2.00. The van der Waals surface area contributed by atoms with E-state index in [0.29, 0.717) is 12.1 Å². The summed E-state index contributed by atoms with van der Waals surface area (Å²) < 4.78 is 124. The van der Waals surface area contributed by atoms with E-state index < -0.39 is 77.4 Å². The Balaban J connectivity index is 1.96. The Morgan fingerprint density at radius 3 is 1.92 bits per heavy atom. The number of fused-ring (bicyclic) bond motifs is 1. The standard InChI is InChI=1S/C25H23F9N2O3/c1-12(2)39-22(38)36-13(3)6-14(19-11-15(23(26,27)28)4-5-20(19)36)7-21(37)35-18-9-16(24(29,30)31)8-17(10-18)25(32,33)34/h4-5,8-14H,6-7H2,1-3H3,(H,35,37)/t13-,14?/m1/s1. The quantitative estimate of drug-likeness (QED) is 0.379. The fraction of sp³-hybridized carbons (Fsp3) is 0.440. The highest BCUT2D eigenvalue weighted by atomic mass is 19.4. The minimum Gasteiger partial charge on any atom is -0.446 e. The molecule has 214 valence electrons. The number of rotatable bonds is 4. The predicted octanol–water partition coefficient (Wildman–Crippen LogP) is 8.00. The number of amides is 2. The van der Waals surface area contributed by atoms with Crippen molar-refractivity contribution in [3.8, 4) is 0 Å². The van der Waals surface area contributed by atoms with Gasteiger partial charge in [-0.1, -0.05) is 0 Å². The maximum atomic E-state index is 13.4. The molecule has 0 spiro atoms. The number of carbonyl (C=O) groups is 2. The van der Waals surface area contributed by atoms with Gasteiger partial charge in [0.05, 0.1) is 28.5 Å². The van der Waals surface area contributed by atoms with Crippen molar-refractivity contribution >= 4 is 23.4 Å². The van der Waals surface area contributed by atoms with Crippen molar-refractivity contribution in [3.05, 3.63) is 58.7 Å². The molecular weight excluding hydrogens is 547 g/mol. The Kier molecular flexibility index (Phi) is 8.19. The molecule has 2 atom stereocenters. The van der Waals surface area contributed by atoms with Crippen LogP contribution in [0.5, 0.6) is 0 Å². The van der Waals surface area contributed by atoms with E-state index in [1.165, 1.54) is 0 Å². The van der Waals surface area contributed by atoms with Crippen LogP contribution in [0.25, 0.3) is 0 Å². The Morgan fingerprint density at radius 1 is 0.897 bits per heavy atom. The highest BCUT2D eigenvalue weighted by Crippen LogP contribution is 2.44. The number of halogens is 9. The smallest absolute Gasteiger partial charge is 0.416 e. The highest BCUT2D eigenvalue weighted by molar-refractivity contribution is 5.93. The number of alkyl halides is 9. The van der Waals surface area contributed by atoms with Crippen LogP contribution >= 0.6 is 0 Å². The Hall–Kier alpha value is -3.45. The molecule has 0 radical (unpaired) electrons. The van der Waals surface area contributed by atoms with Gasteiger partial charge in [0.2, 0.25) is 5.91 Å². The van der Waals surface area contributed by atoms with Gasteiger partial charge in [0, 0.05) is 18.2 Å². The van der Waals surface area contributed by atoms with Crippen LogP contribution in [0.15, 0.2) is 36.4 Å². The van der Waals surface area contributed by atoms with Crippen LogP contribution in [0.2, 0.25) is 0 Å². The van der Waals surface area contributed by atoms with Gasteiger partial charge in [-0.15, -0.1) is 0 Å². The minimum atomic E-state index is -5.14. The molecule has 1 aliphatic heterocycles. The molecule has 0 aliphatic carbocycles. The van der Waals surface area contributed by atoms with Crippen molar-refractivity contribution < 1.29 is 53.8 Å². The molecule has 0 aromatic heterocycles. The van der Waals surface area contributed by atoms with E-state index in [4.69, 9.17) is 4.74 Å². The largest absolute Gasteiger partial charge is 0.446 e. The van der Waals surface area contributed by atoms with E-state index in [1.54, 1.807) is 20.8 Å². The molecule has 0 saturated heterocycles. The second-order valence-corrected chi connectivity index (χ2v) is 9.40. The lowest BCUT2D eigenvalue weighted by atomic mass is 9.83. The summed E-state index contributed by atoms with van der Waals surface area (Å²) in [5.74, 6) is -1.98. The van der Waals surface area contributed by atoms with E-state index in [1.807, 2.05) is 5.32 Å². The SMILES string of the molecule is CC(C)OC(=O)N1c2ccc(C(F)(F)F)cc2C(CC(=O)Nc2cc(C(F)(F)F)cc(C(F)(F)F)c2)C[C@H]1C. The lowest BCUT2D eigenvalue weighted by molar-refractivity contribution is -0.143. The Morgan fingerprint density at radius 2 is 1.44 bits per heavy atom. The second kappa shape index (κ2) is 10.6. The van der Waals surface area contributed by atoms with Crippen LogP contribution in [0.3, 0.4) is 0 Å². The van der Waals surface area contributed by atoms with Gasteiger partial charge < -0.3 is 10.1 Å². The number of nitrogens with one attached hydrogen (secondary N) is 1. The first kappa shape index (κ1) is 30.1. The third-order valence-corrected chi connectivity index (χ3v) is 5.96. The zero-order valence-corrected chi connectivity index (χ0v) is 20.7. The number of hydrogen-bond acceptors (Lipinski definition) is 3. The monoisotopic (exact) mass is 570 g/mol. The van der Waals surface area contributed by atoms with Crippen molar-refractivity contribution in [1.29, 1.82) is 0 Å². The van der Waals surface area contributed by atoms with E-state index >= 15 is 0 Å². The molecule has 1 unspecified atom stereocenters. The Bertz CT molecular complexity index is 1200. The van der Waals surface area contributed by atoms with Gasteiger partial charge in [-0.25, -0.2) is 4.79 Å². The van der Waals surface area contributed by atoms with Gasteiger partial charge in [-0.05, 0) is 75.1 Å². The number of nitrogens with zero attached hydrogens (tertiary/aromatic N) is 1. The van der Waals surface area contributed by atoms with Crippen LogP contribution in [-0.2, 0) is 28.1 Å². The average Bonchev–Trinajstić information content (AvgIpc) is 2.76. The molecule has 0 saturated carbocycles. The van der Waals surface area contributed by atoms with E-state index in [9.17, 15) is 49.1 Å². The molecule has 0 fully saturated rings. The van der Waals surface area contributed by atoms with Crippen LogP contribution in [-0.4, -0.2) is 24.1 Å². The van der Waals surface area contributed by atoms with E-state index in [-0.39, 0.29) is 23.7 Å². The summed E-state index contributed by atoms with van der Waals surface area (Å²) in [6.45, 7) is 4.71. The normalized spacial score (nSPS) is 18.1. The fourth-order valence-corrected chi connectivity index (χ4v) is 4.35. The lowest BCUT2D eigenvalue weighted by Gasteiger charge is -2.39. The third kappa shape index (κ3) is 7.15. The van der Waals surface area contributed by atoms with E-state index in [2.05, 4.69) is 0 Å². The predicted molar refractivity (Wildman–Crippen MR) is 122 cm³/mol. The number of benzene rings is 2. The summed E-state index contributed by atoms with van der Waals surface area (Å²) in [6, 6.07) is 2.47.